The SMILES string of the molecule is Cc1ccccc1C(=O)/C=C1\SCC(=O)N1[C@@H](C)C(=O)Nc1cccc(C#N)c1. The molecule has 146 valence electrons. The van der Waals surface area contributed by atoms with Crippen LogP contribution in [0.5, 0.6) is 0 Å². The van der Waals surface area contributed by atoms with Gasteiger partial charge in [0.05, 0.1) is 22.4 Å². The summed E-state index contributed by atoms with van der Waals surface area (Å²) >= 11 is 1.24. The van der Waals surface area contributed by atoms with Gasteiger partial charge in [-0.15, -0.1) is 0 Å². The molecule has 0 radical (unpaired) electrons. The number of rotatable bonds is 5. The molecule has 0 saturated carbocycles. The van der Waals surface area contributed by atoms with E-state index in [1.54, 1.807) is 43.3 Å². The maximum Gasteiger partial charge on any atom is 0.247 e. The Morgan fingerprint density at radius 3 is 2.72 bits per heavy atom. The first-order valence-corrected chi connectivity index (χ1v) is 9.97. The van der Waals surface area contributed by atoms with Crippen molar-refractivity contribution < 1.29 is 14.4 Å². The average Bonchev–Trinajstić information content (AvgIpc) is 3.07. The first-order chi connectivity index (χ1) is 13.9. The van der Waals surface area contributed by atoms with E-state index in [2.05, 4.69) is 5.32 Å². The molecule has 1 aliphatic heterocycles. The first-order valence-electron chi connectivity index (χ1n) is 8.98. The summed E-state index contributed by atoms with van der Waals surface area (Å²) in [5.41, 5.74) is 2.30. The molecule has 3 rings (SSSR count). The summed E-state index contributed by atoms with van der Waals surface area (Å²) in [6.07, 6.45) is 1.41. The molecule has 1 atom stereocenters. The molecular weight excluding hydrogens is 386 g/mol. The van der Waals surface area contributed by atoms with Crippen LogP contribution in [-0.2, 0) is 9.59 Å². The molecule has 0 spiro atoms. The Bertz CT molecular complexity index is 1060. The van der Waals surface area contributed by atoms with Crippen LogP contribution in [0, 0.1) is 18.3 Å². The van der Waals surface area contributed by atoms with Crippen LogP contribution in [0.1, 0.15) is 28.4 Å². The Balaban J connectivity index is 1.80. The van der Waals surface area contributed by atoms with Crippen LogP contribution >= 0.6 is 11.8 Å². The Hall–Kier alpha value is -3.37. The number of amides is 2. The average molecular weight is 405 g/mol. The van der Waals surface area contributed by atoms with Gasteiger partial charge in [-0.05, 0) is 37.6 Å². The third kappa shape index (κ3) is 4.55. The lowest BCUT2D eigenvalue weighted by molar-refractivity contribution is -0.132. The number of thioether (sulfide) groups is 1. The van der Waals surface area contributed by atoms with Crippen LogP contribution in [0.2, 0.25) is 0 Å². The number of carbonyl (C=O) groups is 3. The Kier molecular flexibility index (Phi) is 6.15. The number of nitrogens with one attached hydrogen (secondary N) is 1. The van der Waals surface area contributed by atoms with Crippen molar-refractivity contribution in [3.05, 3.63) is 76.3 Å². The van der Waals surface area contributed by atoms with Gasteiger partial charge < -0.3 is 5.32 Å². The first kappa shape index (κ1) is 20.4. The molecule has 1 saturated heterocycles. The van der Waals surface area contributed by atoms with Crippen LogP contribution in [0.15, 0.2) is 59.6 Å². The highest BCUT2D eigenvalue weighted by molar-refractivity contribution is 8.04. The third-order valence-corrected chi connectivity index (χ3v) is 5.54. The van der Waals surface area contributed by atoms with Gasteiger partial charge in [-0.25, -0.2) is 0 Å². The second-order valence-corrected chi connectivity index (χ2v) is 7.57. The topological polar surface area (TPSA) is 90.3 Å². The van der Waals surface area contributed by atoms with E-state index in [4.69, 9.17) is 5.26 Å². The molecule has 0 aromatic heterocycles. The highest BCUT2D eigenvalue weighted by Gasteiger charge is 2.34. The van der Waals surface area contributed by atoms with Crippen LogP contribution in [0.3, 0.4) is 0 Å². The Morgan fingerprint density at radius 2 is 2.00 bits per heavy atom. The third-order valence-electron chi connectivity index (χ3n) is 4.54. The Morgan fingerprint density at radius 1 is 1.24 bits per heavy atom. The predicted octanol–water partition coefficient (Wildman–Crippen LogP) is 3.49. The molecule has 1 fully saturated rings. The van der Waals surface area contributed by atoms with Gasteiger partial charge in [0.25, 0.3) is 0 Å². The predicted molar refractivity (Wildman–Crippen MR) is 112 cm³/mol. The molecule has 1 N–H and O–H groups in total. The lowest BCUT2D eigenvalue weighted by atomic mass is 10.0. The molecule has 0 bridgehead atoms. The van der Waals surface area contributed by atoms with Crippen molar-refractivity contribution in [2.45, 2.75) is 19.9 Å². The maximum atomic E-state index is 12.7. The van der Waals surface area contributed by atoms with E-state index in [0.29, 0.717) is 21.8 Å². The highest BCUT2D eigenvalue weighted by Crippen LogP contribution is 2.31. The zero-order valence-corrected chi connectivity index (χ0v) is 16.8. The smallest absolute Gasteiger partial charge is 0.247 e. The molecule has 0 aliphatic carbocycles. The zero-order chi connectivity index (χ0) is 21.0. The van der Waals surface area contributed by atoms with E-state index in [1.807, 2.05) is 25.1 Å². The molecule has 1 heterocycles. The zero-order valence-electron chi connectivity index (χ0n) is 16.0. The summed E-state index contributed by atoms with van der Waals surface area (Å²) in [5.74, 6) is -0.661. The number of nitriles is 1. The van der Waals surface area contributed by atoms with E-state index >= 15 is 0 Å². The number of hydrogen-bond acceptors (Lipinski definition) is 5. The molecule has 1 aliphatic rings. The van der Waals surface area contributed by atoms with Gasteiger partial charge in [0.2, 0.25) is 11.8 Å². The van der Waals surface area contributed by atoms with E-state index in [9.17, 15) is 14.4 Å². The van der Waals surface area contributed by atoms with Crippen molar-refractivity contribution in [3.63, 3.8) is 0 Å². The summed E-state index contributed by atoms with van der Waals surface area (Å²) in [7, 11) is 0. The molecule has 2 aromatic carbocycles. The number of ketones is 1. The van der Waals surface area contributed by atoms with Crippen molar-refractivity contribution in [3.8, 4) is 6.07 Å². The number of aryl methyl sites for hydroxylation is 1. The summed E-state index contributed by atoms with van der Waals surface area (Å²) < 4.78 is 0. The number of hydrogen-bond donors (Lipinski definition) is 1. The monoisotopic (exact) mass is 405 g/mol. The van der Waals surface area contributed by atoms with E-state index < -0.39 is 11.9 Å². The molecule has 29 heavy (non-hydrogen) atoms. The number of nitrogens with zero attached hydrogens (tertiary/aromatic N) is 2. The number of benzene rings is 2. The quantitative estimate of drug-likeness (QED) is 0.607. The highest BCUT2D eigenvalue weighted by atomic mass is 32.2. The van der Waals surface area contributed by atoms with Gasteiger partial charge in [0.1, 0.15) is 6.04 Å². The molecule has 2 aromatic rings. The van der Waals surface area contributed by atoms with Crippen LogP contribution in [0.4, 0.5) is 5.69 Å². The van der Waals surface area contributed by atoms with Crippen LogP contribution in [0.25, 0.3) is 0 Å². The van der Waals surface area contributed by atoms with Crippen LogP contribution in [-0.4, -0.2) is 34.3 Å². The normalized spacial score (nSPS) is 15.8. The second-order valence-electron chi connectivity index (χ2n) is 6.57. The van der Waals surface area contributed by atoms with E-state index in [-0.39, 0.29) is 17.4 Å². The molecular formula is C22H19N3O3S. The molecule has 2 amide bonds. The standard InChI is InChI=1S/C22H19N3O3S/c1-14-6-3-4-9-18(14)19(26)11-21-25(20(27)13-29-21)15(2)22(28)24-17-8-5-7-16(10-17)12-23/h3-11,15H,13H2,1-2H3,(H,24,28)/b21-11-/t15-/m0/s1. The van der Waals surface area contributed by atoms with Gasteiger partial charge in [-0.3, -0.25) is 19.3 Å². The lowest BCUT2D eigenvalue weighted by Gasteiger charge is -2.24. The molecule has 7 heteroatoms. The number of allylic oxidation sites excluding steroid dienone is 1. The largest absolute Gasteiger partial charge is 0.324 e. The maximum absolute atomic E-state index is 12.7. The van der Waals surface area contributed by atoms with Gasteiger partial charge in [0.15, 0.2) is 5.78 Å². The van der Waals surface area contributed by atoms with E-state index in [0.717, 1.165) is 5.56 Å². The van der Waals surface area contributed by atoms with Crippen molar-refractivity contribution in [2.75, 3.05) is 11.1 Å². The molecule has 6 nitrogen and oxygen atoms in total. The summed E-state index contributed by atoms with van der Waals surface area (Å²) in [6, 6.07) is 15.0. The fraction of sp³-hybridized carbons (Fsp3) is 0.182. The number of carbonyl (C=O) groups excluding carboxylic acids is 3. The van der Waals surface area contributed by atoms with Gasteiger partial charge >= 0.3 is 0 Å². The lowest BCUT2D eigenvalue weighted by Crippen LogP contribution is -2.42. The van der Waals surface area contributed by atoms with Gasteiger partial charge in [-0.2, -0.15) is 5.26 Å². The van der Waals surface area contributed by atoms with Crippen LogP contribution < -0.4 is 5.32 Å². The fourth-order valence-corrected chi connectivity index (χ4v) is 3.99. The van der Waals surface area contributed by atoms with E-state index in [1.165, 1.54) is 22.7 Å². The van der Waals surface area contributed by atoms with Gasteiger partial charge in [-0.1, -0.05) is 42.1 Å². The number of anilines is 1. The van der Waals surface area contributed by atoms with Crippen molar-refractivity contribution in [1.29, 1.82) is 5.26 Å². The second kappa shape index (κ2) is 8.76. The minimum atomic E-state index is -0.806. The van der Waals surface area contributed by atoms with Gasteiger partial charge in [0, 0.05) is 17.3 Å². The van der Waals surface area contributed by atoms with Crippen molar-refractivity contribution in [1.82, 2.24) is 4.90 Å². The summed E-state index contributed by atoms with van der Waals surface area (Å²) in [6.45, 7) is 3.46. The van der Waals surface area contributed by atoms with Crippen molar-refractivity contribution >= 4 is 35.0 Å². The molecule has 0 unspecified atom stereocenters. The summed E-state index contributed by atoms with van der Waals surface area (Å²) in [5, 5.41) is 12.2. The fourth-order valence-electron chi connectivity index (χ4n) is 2.99. The minimum Gasteiger partial charge on any atom is -0.324 e. The minimum absolute atomic E-state index is 0.175. The summed E-state index contributed by atoms with van der Waals surface area (Å²) in [4.78, 5) is 39.1. The van der Waals surface area contributed by atoms with Crippen molar-refractivity contribution in [2.24, 2.45) is 0 Å². The Labute approximate surface area is 173 Å².